The number of aliphatic hydroxyl groups is 1. The van der Waals surface area contributed by atoms with Crippen molar-refractivity contribution >= 4 is 5.97 Å². The molecule has 0 aliphatic heterocycles. The van der Waals surface area contributed by atoms with E-state index in [1.54, 1.807) is 13.8 Å². The molecule has 2 atom stereocenters. The fraction of sp³-hybridized carbons (Fsp3) is 0.929. The smallest absolute Gasteiger partial charge is 0.314 e. The second-order valence-corrected chi connectivity index (χ2v) is 6.25. The highest BCUT2D eigenvalue weighted by Crippen LogP contribution is 2.46. The highest BCUT2D eigenvalue weighted by atomic mass is 16.5. The molecule has 3 heteroatoms. The molecule has 0 heterocycles. The zero-order chi connectivity index (χ0) is 13.3. The summed E-state index contributed by atoms with van der Waals surface area (Å²) >= 11 is 0. The molecule has 2 unspecified atom stereocenters. The van der Waals surface area contributed by atoms with Gasteiger partial charge in [0.1, 0.15) is 0 Å². The van der Waals surface area contributed by atoms with Crippen LogP contribution in [-0.4, -0.2) is 23.8 Å². The molecule has 1 rings (SSSR count). The Morgan fingerprint density at radius 3 is 2.53 bits per heavy atom. The van der Waals surface area contributed by atoms with Crippen molar-refractivity contribution in [2.24, 2.45) is 17.3 Å². The molecule has 1 saturated carbocycles. The van der Waals surface area contributed by atoms with E-state index >= 15 is 0 Å². The number of rotatable bonds is 3. The monoisotopic (exact) mass is 242 g/mol. The van der Waals surface area contributed by atoms with E-state index in [0.717, 1.165) is 12.8 Å². The molecule has 1 N–H and O–H groups in total. The summed E-state index contributed by atoms with van der Waals surface area (Å²) in [6.45, 7) is 7.95. The van der Waals surface area contributed by atoms with Gasteiger partial charge in [-0.2, -0.15) is 0 Å². The van der Waals surface area contributed by atoms with Crippen LogP contribution in [0, 0.1) is 17.3 Å². The maximum atomic E-state index is 11.8. The zero-order valence-electron chi connectivity index (χ0n) is 11.7. The molecular formula is C14H26O3. The summed E-state index contributed by atoms with van der Waals surface area (Å²) in [4.78, 5) is 11.8. The van der Waals surface area contributed by atoms with Crippen LogP contribution in [0.4, 0.5) is 0 Å². The zero-order valence-corrected chi connectivity index (χ0v) is 11.7. The highest BCUT2D eigenvalue weighted by molar-refractivity contribution is 5.77. The Hall–Kier alpha value is -0.570. The standard InChI is InChI=1S/C14H26O3/c1-10(2)11-7-6-8-14(16,9-11)13(3,4)12(15)17-5/h10-11,16H,6-9H2,1-5H3. The second-order valence-electron chi connectivity index (χ2n) is 6.25. The van der Waals surface area contributed by atoms with Crippen molar-refractivity contribution in [3.8, 4) is 0 Å². The molecule has 17 heavy (non-hydrogen) atoms. The van der Waals surface area contributed by atoms with Crippen molar-refractivity contribution in [3.05, 3.63) is 0 Å². The van der Waals surface area contributed by atoms with Crippen LogP contribution in [0.1, 0.15) is 53.4 Å². The molecule has 1 fully saturated rings. The van der Waals surface area contributed by atoms with Gasteiger partial charge in [0.15, 0.2) is 0 Å². The third-order valence-electron chi connectivity index (χ3n) is 4.57. The Balaban J connectivity index is 2.90. The second kappa shape index (κ2) is 4.97. The summed E-state index contributed by atoms with van der Waals surface area (Å²) in [5.74, 6) is 0.734. The van der Waals surface area contributed by atoms with Gasteiger partial charge >= 0.3 is 5.97 Å². The quantitative estimate of drug-likeness (QED) is 0.774. The van der Waals surface area contributed by atoms with Crippen molar-refractivity contribution in [1.82, 2.24) is 0 Å². The van der Waals surface area contributed by atoms with E-state index in [1.165, 1.54) is 7.11 Å². The SMILES string of the molecule is COC(=O)C(C)(C)C1(O)CCCC(C(C)C)C1. The van der Waals surface area contributed by atoms with E-state index in [9.17, 15) is 9.90 Å². The first-order chi connectivity index (χ1) is 7.74. The minimum absolute atomic E-state index is 0.315. The first-order valence-electron chi connectivity index (χ1n) is 6.55. The van der Waals surface area contributed by atoms with Crippen LogP contribution in [-0.2, 0) is 9.53 Å². The number of hydrogen-bond donors (Lipinski definition) is 1. The molecular weight excluding hydrogens is 216 g/mol. The third kappa shape index (κ3) is 2.65. The molecule has 0 spiro atoms. The molecule has 0 aromatic carbocycles. The lowest BCUT2D eigenvalue weighted by molar-refractivity contribution is -0.176. The van der Waals surface area contributed by atoms with Crippen LogP contribution >= 0.6 is 0 Å². The Morgan fingerprint density at radius 1 is 1.47 bits per heavy atom. The Morgan fingerprint density at radius 2 is 2.06 bits per heavy atom. The van der Waals surface area contributed by atoms with Crippen LogP contribution in [0.3, 0.4) is 0 Å². The molecule has 3 nitrogen and oxygen atoms in total. The number of methoxy groups -OCH3 is 1. The predicted molar refractivity (Wildman–Crippen MR) is 67.5 cm³/mol. The van der Waals surface area contributed by atoms with Gasteiger partial charge in [0.25, 0.3) is 0 Å². The average molecular weight is 242 g/mol. The van der Waals surface area contributed by atoms with Crippen LogP contribution < -0.4 is 0 Å². The minimum atomic E-state index is -0.923. The van der Waals surface area contributed by atoms with Gasteiger partial charge < -0.3 is 9.84 Å². The highest BCUT2D eigenvalue weighted by Gasteiger charge is 2.51. The predicted octanol–water partition coefficient (Wildman–Crippen LogP) is 2.76. The van der Waals surface area contributed by atoms with Crippen LogP contribution in [0.2, 0.25) is 0 Å². The Bertz CT molecular complexity index is 283. The number of hydrogen-bond acceptors (Lipinski definition) is 3. The molecule has 0 radical (unpaired) electrons. The summed E-state index contributed by atoms with van der Waals surface area (Å²) in [5.41, 5.74) is -1.75. The summed E-state index contributed by atoms with van der Waals surface area (Å²) in [6, 6.07) is 0. The van der Waals surface area contributed by atoms with Crippen molar-refractivity contribution < 1.29 is 14.6 Å². The summed E-state index contributed by atoms with van der Waals surface area (Å²) in [7, 11) is 1.39. The van der Waals surface area contributed by atoms with Crippen molar-refractivity contribution in [3.63, 3.8) is 0 Å². The first kappa shape index (κ1) is 14.5. The van der Waals surface area contributed by atoms with Gasteiger partial charge in [0.2, 0.25) is 0 Å². The van der Waals surface area contributed by atoms with Crippen molar-refractivity contribution in [1.29, 1.82) is 0 Å². The number of carbonyl (C=O) groups excluding carboxylic acids is 1. The number of esters is 1. The lowest BCUT2D eigenvalue weighted by atomic mass is 9.62. The van der Waals surface area contributed by atoms with Gasteiger partial charge in [-0.15, -0.1) is 0 Å². The van der Waals surface area contributed by atoms with E-state index in [-0.39, 0.29) is 5.97 Å². The fourth-order valence-corrected chi connectivity index (χ4v) is 2.88. The molecule has 0 aromatic heterocycles. The molecule has 100 valence electrons. The van der Waals surface area contributed by atoms with Crippen LogP contribution in [0.25, 0.3) is 0 Å². The van der Waals surface area contributed by atoms with Gasteiger partial charge in [0.05, 0.1) is 18.1 Å². The molecule has 0 saturated heterocycles. The number of ether oxygens (including phenoxy) is 1. The number of carbonyl (C=O) groups is 1. The lowest BCUT2D eigenvalue weighted by Gasteiger charge is -2.46. The summed E-state index contributed by atoms with van der Waals surface area (Å²) in [6.07, 6.45) is 3.53. The summed E-state index contributed by atoms with van der Waals surface area (Å²) in [5, 5.41) is 10.8. The van der Waals surface area contributed by atoms with E-state index in [1.807, 2.05) is 0 Å². The van der Waals surface area contributed by atoms with Crippen molar-refractivity contribution in [2.45, 2.75) is 59.0 Å². The Labute approximate surface area is 105 Å². The fourth-order valence-electron chi connectivity index (χ4n) is 2.88. The van der Waals surface area contributed by atoms with E-state index < -0.39 is 11.0 Å². The molecule has 0 amide bonds. The van der Waals surface area contributed by atoms with Crippen LogP contribution in [0.5, 0.6) is 0 Å². The van der Waals surface area contributed by atoms with Gasteiger partial charge in [-0.25, -0.2) is 0 Å². The molecule has 0 aromatic rings. The first-order valence-corrected chi connectivity index (χ1v) is 6.55. The maximum absolute atomic E-state index is 11.8. The summed E-state index contributed by atoms with van der Waals surface area (Å²) < 4.78 is 4.83. The largest absolute Gasteiger partial charge is 0.469 e. The van der Waals surface area contributed by atoms with Crippen molar-refractivity contribution in [2.75, 3.05) is 7.11 Å². The van der Waals surface area contributed by atoms with E-state index in [2.05, 4.69) is 13.8 Å². The van der Waals surface area contributed by atoms with Crippen LogP contribution in [0.15, 0.2) is 0 Å². The van der Waals surface area contributed by atoms with Gasteiger partial charge in [-0.05, 0) is 44.9 Å². The normalized spacial score (nSPS) is 30.4. The lowest BCUT2D eigenvalue weighted by Crippen LogP contribution is -2.53. The molecule has 0 bridgehead atoms. The third-order valence-corrected chi connectivity index (χ3v) is 4.57. The average Bonchev–Trinajstić information content (AvgIpc) is 2.27. The maximum Gasteiger partial charge on any atom is 0.314 e. The minimum Gasteiger partial charge on any atom is -0.469 e. The van der Waals surface area contributed by atoms with Gasteiger partial charge in [-0.3, -0.25) is 4.79 Å². The topological polar surface area (TPSA) is 46.5 Å². The molecule has 1 aliphatic rings. The molecule has 1 aliphatic carbocycles. The van der Waals surface area contributed by atoms with Gasteiger partial charge in [-0.1, -0.05) is 20.3 Å². The Kier molecular flexibility index (Phi) is 4.23. The van der Waals surface area contributed by atoms with E-state index in [0.29, 0.717) is 24.7 Å². The van der Waals surface area contributed by atoms with Gasteiger partial charge in [0, 0.05) is 0 Å². The van der Waals surface area contributed by atoms with E-state index in [4.69, 9.17) is 4.74 Å².